The van der Waals surface area contributed by atoms with Crippen molar-refractivity contribution >= 4 is 5.97 Å². The number of hydrogen-bond donors (Lipinski definition) is 2. The van der Waals surface area contributed by atoms with Gasteiger partial charge in [-0.3, -0.25) is 0 Å². The highest BCUT2D eigenvalue weighted by Gasteiger charge is 2.28. The zero-order chi connectivity index (χ0) is 13.1. The summed E-state index contributed by atoms with van der Waals surface area (Å²) in [5.41, 5.74) is 5.02. The predicted octanol–water partition coefficient (Wildman–Crippen LogP) is 0.430. The minimum absolute atomic E-state index is 0.111. The topological polar surface area (TPSA) is 94.0 Å². The fourth-order valence-corrected chi connectivity index (χ4v) is 1.30. The van der Waals surface area contributed by atoms with Crippen molar-refractivity contribution < 1.29 is 23.1 Å². The van der Waals surface area contributed by atoms with Crippen LogP contribution in [0.3, 0.4) is 0 Å². The molecule has 0 aliphatic rings. The molecule has 3 N–H and O–H groups in total. The zero-order valence-corrected chi connectivity index (χ0v) is 8.74. The lowest BCUT2D eigenvalue weighted by molar-refractivity contribution is -0.137. The number of nitrogens with zero attached hydrogens (tertiary/aromatic N) is 3. The van der Waals surface area contributed by atoms with Gasteiger partial charge in [-0.15, -0.1) is 5.10 Å². The van der Waals surface area contributed by atoms with Crippen LogP contribution in [0.2, 0.25) is 0 Å². The first-order valence-electron chi connectivity index (χ1n) is 4.77. The monoisotopic (exact) mass is 252 g/mol. The first-order chi connectivity index (χ1) is 7.85. The molecule has 0 aliphatic heterocycles. The molecule has 1 rings (SSSR count). The molecular formula is C8H11F3N4O2. The molecule has 0 radical (unpaired) electrons. The van der Waals surface area contributed by atoms with Crippen LogP contribution in [0.15, 0.2) is 0 Å². The van der Waals surface area contributed by atoms with Crippen molar-refractivity contribution in [3.8, 4) is 0 Å². The van der Waals surface area contributed by atoms with E-state index in [9.17, 15) is 18.0 Å². The van der Waals surface area contributed by atoms with Gasteiger partial charge in [-0.2, -0.15) is 13.2 Å². The van der Waals surface area contributed by atoms with Crippen molar-refractivity contribution in [3.05, 3.63) is 11.4 Å². The van der Waals surface area contributed by atoms with Crippen LogP contribution in [-0.4, -0.2) is 38.8 Å². The van der Waals surface area contributed by atoms with E-state index in [1.54, 1.807) is 0 Å². The molecule has 0 aliphatic carbocycles. The molecule has 0 saturated heterocycles. The van der Waals surface area contributed by atoms with Gasteiger partial charge in [-0.05, 0) is 6.54 Å². The van der Waals surface area contributed by atoms with Gasteiger partial charge in [0.2, 0.25) is 0 Å². The van der Waals surface area contributed by atoms with E-state index in [1.165, 1.54) is 0 Å². The zero-order valence-electron chi connectivity index (χ0n) is 8.74. The van der Waals surface area contributed by atoms with Crippen LogP contribution < -0.4 is 5.73 Å². The van der Waals surface area contributed by atoms with Crippen molar-refractivity contribution in [2.75, 3.05) is 6.54 Å². The second kappa shape index (κ2) is 5.13. The Kier molecular flexibility index (Phi) is 4.05. The van der Waals surface area contributed by atoms with E-state index in [1.807, 2.05) is 0 Å². The van der Waals surface area contributed by atoms with Gasteiger partial charge in [0.15, 0.2) is 5.69 Å². The van der Waals surface area contributed by atoms with E-state index in [2.05, 4.69) is 10.3 Å². The Labute approximate surface area is 94.2 Å². The Morgan fingerprint density at radius 1 is 1.47 bits per heavy atom. The lowest BCUT2D eigenvalue weighted by Crippen LogP contribution is -2.17. The highest BCUT2D eigenvalue weighted by Crippen LogP contribution is 2.20. The third kappa shape index (κ3) is 3.70. The minimum atomic E-state index is -4.32. The maximum atomic E-state index is 12.0. The molecule has 6 nitrogen and oxygen atoms in total. The number of alkyl halides is 3. The molecule has 0 fully saturated rings. The van der Waals surface area contributed by atoms with Gasteiger partial charge in [-0.25, -0.2) is 9.48 Å². The Bertz CT molecular complexity index is 402. The van der Waals surface area contributed by atoms with Crippen LogP contribution in [0.4, 0.5) is 13.2 Å². The van der Waals surface area contributed by atoms with E-state index in [-0.39, 0.29) is 24.4 Å². The fraction of sp³-hybridized carbons (Fsp3) is 0.625. The van der Waals surface area contributed by atoms with Gasteiger partial charge < -0.3 is 10.8 Å². The summed E-state index contributed by atoms with van der Waals surface area (Å²) in [6.07, 6.45) is -5.30. The number of aromatic carboxylic acids is 1. The third-order valence-electron chi connectivity index (χ3n) is 2.03. The average Bonchev–Trinajstić information content (AvgIpc) is 2.58. The smallest absolute Gasteiger partial charge is 0.390 e. The van der Waals surface area contributed by atoms with Crippen molar-refractivity contribution in [2.24, 2.45) is 5.73 Å². The van der Waals surface area contributed by atoms with E-state index >= 15 is 0 Å². The Balaban J connectivity index is 2.88. The number of rotatable bonds is 5. The van der Waals surface area contributed by atoms with Gasteiger partial charge >= 0.3 is 12.1 Å². The average molecular weight is 252 g/mol. The summed E-state index contributed by atoms with van der Waals surface area (Å²) >= 11 is 0. The van der Waals surface area contributed by atoms with Crippen LogP contribution in [-0.2, 0) is 13.0 Å². The molecule has 96 valence electrons. The number of aromatic nitrogens is 3. The molecule has 0 spiro atoms. The Morgan fingerprint density at radius 2 is 2.12 bits per heavy atom. The second-order valence-corrected chi connectivity index (χ2v) is 3.32. The van der Waals surface area contributed by atoms with Gasteiger partial charge in [0.1, 0.15) is 0 Å². The lowest BCUT2D eigenvalue weighted by atomic mass is 10.2. The van der Waals surface area contributed by atoms with Gasteiger partial charge in [0.25, 0.3) is 0 Å². The number of carboxylic acid groups (broad SMARTS) is 1. The summed E-state index contributed by atoms with van der Waals surface area (Å²) in [5, 5.41) is 15.5. The lowest BCUT2D eigenvalue weighted by Gasteiger charge is -2.08. The van der Waals surface area contributed by atoms with E-state index in [4.69, 9.17) is 10.8 Å². The molecule has 1 heterocycles. The first kappa shape index (κ1) is 13.4. The molecule has 1 aromatic heterocycles. The normalized spacial score (nSPS) is 11.8. The molecule has 0 aromatic carbocycles. The standard InChI is InChI=1S/C8H11F3N4O2/c9-8(10,11)2-4-15-5(1-3-12)6(7(16)17)13-14-15/h1-4,12H2,(H,16,17). The molecule has 17 heavy (non-hydrogen) atoms. The third-order valence-corrected chi connectivity index (χ3v) is 2.03. The minimum Gasteiger partial charge on any atom is -0.476 e. The summed E-state index contributed by atoms with van der Waals surface area (Å²) in [6.45, 7) is -0.348. The van der Waals surface area contributed by atoms with E-state index < -0.39 is 25.1 Å². The van der Waals surface area contributed by atoms with Crippen LogP contribution in [0.25, 0.3) is 0 Å². The number of nitrogens with two attached hydrogens (primary N) is 1. The summed E-state index contributed by atoms with van der Waals surface area (Å²) in [7, 11) is 0. The summed E-state index contributed by atoms with van der Waals surface area (Å²) in [5.74, 6) is -1.33. The molecule has 0 amide bonds. The van der Waals surface area contributed by atoms with Crippen molar-refractivity contribution in [2.45, 2.75) is 25.6 Å². The SMILES string of the molecule is NCCc1c(C(=O)O)nnn1CCC(F)(F)F. The largest absolute Gasteiger partial charge is 0.476 e. The quantitative estimate of drug-likeness (QED) is 0.792. The predicted molar refractivity (Wildman–Crippen MR) is 50.4 cm³/mol. The second-order valence-electron chi connectivity index (χ2n) is 3.32. The van der Waals surface area contributed by atoms with Gasteiger partial charge in [0.05, 0.1) is 18.7 Å². The van der Waals surface area contributed by atoms with Crippen molar-refractivity contribution in [1.29, 1.82) is 0 Å². The van der Waals surface area contributed by atoms with E-state index in [0.29, 0.717) is 0 Å². The number of aryl methyl sites for hydroxylation is 1. The summed E-state index contributed by atoms with van der Waals surface area (Å²) < 4.78 is 37.0. The molecule has 0 unspecified atom stereocenters. The number of carboxylic acids is 1. The maximum Gasteiger partial charge on any atom is 0.390 e. The van der Waals surface area contributed by atoms with Crippen LogP contribution >= 0.6 is 0 Å². The molecule has 1 aromatic rings. The summed E-state index contributed by atoms with van der Waals surface area (Å²) in [6, 6.07) is 0. The van der Waals surface area contributed by atoms with Crippen LogP contribution in [0, 0.1) is 0 Å². The summed E-state index contributed by atoms with van der Waals surface area (Å²) in [4.78, 5) is 10.7. The highest BCUT2D eigenvalue weighted by molar-refractivity contribution is 5.86. The van der Waals surface area contributed by atoms with Crippen molar-refractivity contribution in [1.82, 2.24) is 15.0 Å². The Morgan fingerprint density at radius 3 is 2.59 bits per heavy atom. The fourth-order valence-electron chi connectivity index (χ4n) is 1.30. The number of hydrogen-bond acceptors (Lipinski definition) is 4. The first-order valence-corrected chi connectivity index (χ1v) is 4.77. The van der Waals surface area contributed by atoms with Crippen molar-refractivity contribution in [3.63, 3.8) is 0 Å². The van der Waals surface area contributed by atoms with Gasteiger partial charge in [-0.1, -0.05) is 5.21 Å². The van der Waals surface area contributed by atoms with E-state index in [0.717, 1.165) is 4.68 Å². The molecule has 0 bridgehead atoms. The maximum absolute atomic E-state index is 12.0. The molecule has 0 atom stereocenters. The van der Waals surface area contributed by atoms with Gasteiger partial charge in [0, 0.05) is 6.42 Å². The highest BCUT2D eigenvalue weighted by atomic mass is 19.4. The Hall–Kier alpha value is -1.64. The molecule has 0 saturated carbocycles. The van der Waals surface area contributed by atoms with Crippen LogP contribution in [0.5, 0.6) is 0 Å². The number of halogens is 3. The molecule has 9 heteroatoms. The van der Waals surface area contributed by atoms with Crippen LogP contribution in [0.1, 0.15) is 22.6 Å². The molecular weight excluding hydrogens is 241 g/mol. The number of carbonyl (C=O) groups is 1.